The Morgan fingerprint density at radius 3 is 2.75 bits per heavy atom. The Hall–Kier alpha value is -1.73. The van der Waals surface area contributed by atoms with Crippen LogP contribution in [-0.2, 0) is 20.7 Å². The molecule has 108 valence electrons. The first-order valence-electron chi connectivity index (χ1n) is 6.01. The number of halogens is 1. The molecule has 1 aromatic heterocycles. The van der Waals surface area contributed by atoms with Crippen LogP contribution in [0, 0.1) is 5.82 Å². The first-order chi connectivity index (χ1) is 9.35. The lowest BCUT2D eigenvalue weighted by molar-refractivity contribution is 0.315. The van der Waals surface area contributed by atoms with E-state index in [1.54, 1.807) is 6.07 Å². The molecule has 0 saturated heterocycles. The molecule has 0 bridgehead atoms. The van der Waals surface area contributed by atoms with Crippen molar-refractivity contribution in [2.24, 2.45) is 0 Å². The van der Waals surface area contributed by atoms with Gasteiger partial charge in [0, 0.05) is 11.1 Å². The van der Waals surface area contributed by atoms with E-state index in [1.807, 2.05) is 0 Å². The number of fused-ring (bicyclic) bond motifs is 1. The third kappa shape index (κ3) is 3.88. The van der Waals surface area contributed by atoms with E-state index in [2.05, 4.69) is 9.17 Å². The highest BCUT2D eigenvalue weighted by molar-refractivity contribution is 7.85. The van der Waals surface area contributed by atoms with Gasteiger partial charge in [-0.15, -0.1) is 0 Å². The van der Waals surface area contributed by atoms with Crippen LogP contribution in [0.15, 0.2) is 29.1 Å². The van der Waals surface area contributed by atoms with Crippen molar-refractivity contribution >= 4 is 20.9 Å². The number of pyridine rings is 1. The van der Waals surface area contributed by atoms with Crippen molar-refractivity contribution in [3.63, 3.8) is 0 Å². The monoisotopic (exact) mass is 299 g/mol. The third-order valence-electron chi connectivity index (χ3n) is 2.75. The van der Waals surface area contributed by atoms with E-state index in [-0.39, 0.29) is 12.2 Å². The Labute approximate surface area is 115 Å². The maximum absolute atomic E-state index is 13.1. The Morgan fingerprint density at radius 1 is 1.30 bits per heavy atom. The van der Waals surface area contributed by atoms with Gasteiger partial charge in [-0.25, -0.2) is 4.39 Å². The van der Waals surface area contributed by atoms with E-state index >= 15 is 0 Å². The number of H-pyrrole nitrogens is 1. The smallest absolute Gasteiger partial charge is 0.264 e. The van der Waals surface area contributed by atoms with E-state index in [1.165, 1.54) is 18.2 Å². The number of benzene rings is 1. The predicted octanol–water partition coefficient (Wildman–Crippen LogP) is 1.58. The molecule has 0 saturated carbocycles. The van der Waals surface area contributed by atoms with E-state index < -0.39 is 15.9 Å². The molecule has 0 amide bonds. The van der Waals surface area contributed by atoms with Gasteiger partial charge in [0.15, 0.2) is 0 Å². The average Bonchev–Trinajstić information content (AvgIpc) is 2.34. The molecule has 2 rings (SSSR count). The van der Waals surface area contributed by atoms with Crippen molar-refractivity contribution in [3.05, 3.63) is 46.1 Å². The summed E-state index contributed by atoms with van der Waals surface area (Å²) < 4.78 is 39.2. The second-order valence-corrected chi connectivity index (χ2v) is 6.13. The molecule has 0 atom stereocenters. The van der Waals surface area contributed by atoms with E-state index in [4.69, 9.17) is 0 Å². The highest BCUT2D eigenvalue weighted by atomic mass is 32.2. The summed E-state index contributed by atoms with van der Waals surface area (Å²) in [6.07, 6.45) is 1.91. The number of aromatic nitrogens is 1. The molecule has 20 heavy (non-hydrogen) atoms. The number of aryl methyl sites for hydroxylation is 1. The zero-order chi connectivity index (χ0) is 14.8. The van der Waals surface area contributed by atoms with Crippen LogP contribution in [0.3, 0.4) is 0 Å². The van der Waals surface area contributed by atoms with Crippen molar-refractivity contribution < 1.29 is 17.0 Å². The lowest BCUT2D eigenvalue weighted by Crippen LogP contribution is -2.11. The van der Waals surface area contributed by atoms with Crippen LogP contribution in [0.1, 0.15) is 12.1 Å². The summed E-state index contributed by atoms with van der Waals surface area (Å²) in [5.41, 5.74) is 0.298. The summed E-state index contributed by atoms with van der Waals surface area (Å²) in [5, 5.41) is 0.940. The van der Waals surface area contributed by atoms with Gasteiger partial charge < -0.3 is 4.98 Å². The zero-order valence-electron chi connectivity index (χ0n) is 10.8. The van der Waals surface area contributed by atoms with Crippen molar-refractivity contribution in [3.8, 4) is 0 Å². The Bertz CT molecular complexity index is 783. The van der Waals surface area contributed by atoms with Crippen LogP contribution in [0.25, 0.3) is 10.8 Å². The van der Waals surface area contributed by atoms with Crippen molar-refractivity contribution in [2.45, 2.75) is 12.8 Å². The van der Waals surface area contributed by atoms with E-state index in [0.717, 1.165) is 6.26 Å². The summed E-state index contributed by atoms with van der Waals surface area (Å²) in [7, 11) is -3.44. The molecule has 5 nitrogen and oxygen atoms in total. The highest BCUT2D eigenvalue weighted by Gasteiger charge is 2.05. The van der Waals surface area contributed by atoms with Crippen molar-refractivity contribution in [2.75, 3.05) is 12.9 Å². The van der Waals surface area contributed by atoms with Crippen LogP contribution in [0.4, 0.5) is 4.39 Å². The quantitative estimate of drug-likeness (QED) is 0.671. The molecule has 0 fully saturated rings. The SMILES string of the molecule is CS(=O)(=O)OCCCc1cc2ccc(F)cc2c(=O)[nH]1. The fourth-order valence-corrected chi connectivity index (χ4v) is 2.32. The highest BCUT2D eigenvalue weighted by Crippen LogP contribution is 2.13. The van der Waals surface area contributed by atoms with Gasteiger partial charge in [-0.2, -0.15) is 8.42 Å². The van der Waals surface area contributed by atoms with Gasteiger partial charge in [0.1, 0.15) is 5.82 Å². The minimum Gasteiger partial charge on any atom is -0.326 e. The topological polar surface area (TPSA) is 76.2 Å². The lowest BCUT2D eigenvalue weighted by Gasteiger charge is -2.04. The van der Waals surface area contributed by atoms with Crippen LogP contribution in [-0.4, -0.2) is 26.3 Å². The van der Waals surface area contributed by atoms with E-state index in [0.29, 0.717) is 29.3 Å². The fraction of sp³-hybridized carbons (Fsp3) is 0.308. The van der Waals surface area contributed by atoms with Crippen LogP contribution in [0.5, 0.6) is 0 Å². The van der Waals surface area contributed by atoms with Gasteiger partial charge >= 0.3 is 0 Å². The van der Waals surface area contributed by atoms with E-state index in [9.17, 15) is 17.6 Å². The third-order valence-corrected chi connectivity index (χ3v) is 3.35. The second kappa shape index (κ2) is 5.72. The molecular formula is C13H14FNO4S. The van der Waals surface area contributed by atoms with Crippen LogP contribution >= 0.6 is 0 Å². The molecule has 0 spiro atoms. The van der Waals surface area contributed by atoms with Crippen LogP contribution < -0.4 is 5.56 Å². The molecule has 1 aromatic carbocycles. The minimum absolute atomic E-state index is 0.0579. The number of rotatable bonds is 5. The summed E-state index contributed by atoms with van der Waals surface area (Å²) in [5.74, 6) is -0.461. The molecule has 2 aromatic rings. The average molecular weight is 299 g/mol. The van der Waals surface area contributed by atoms with Crippen LogP contribution in [0.2, 0.25) is 0 Å². The number of hydrogen-bond acceptors (Lipinski definition) is 4. The van der Waals surface area contributed by atoms with Gasteiger partial charge in [0.05, 0.1) is 12.9 Å². The lowest BCUT2D eigenvalue weighted by atomic mass is 10.1. The van der Waals surface area contributed by atoms with Gasteiger partial charge in [-0.1, -0.05) is 6.07 Å². The minimum atomic E-state index is -3.44. The number of hydrogen-bond donors (Lipinski definition) is 1. The fourth-order valence-electron chi connectivity index (χ4n) is 1.90. The van der Waals surface area contributed by atoms with Gasteiger partial charge in [0.2, 0.25) is 0 Å². The summed E-state index contributed by atoms with van der Waals surface area (Å²) >= 11 is 0. The van der Waals surface area contributed by atoms with Gasteiger partial charge in [-0.05, 0) is 36.4 Å². The normalized spacial score (nSPS) is 11.9. The number of aromatic amines is 1. The molecular weight excluding hydrogens is 285 g/mol. The first kappa shape index (κ1) is 14.7. The molecule has 0 aliphatic carbocycles. The Kier molecular flexibility index (Phi) is 4.20. The zero-order valence-corrected chi connectivity index (χ0v) is 11.7. The van der Waals surface area contributed by atoms with Crippen molar-refractivity contribution in [1.29, 1.82) is 0 Å². The maximum Gasteiger partial charge on any atom is 0.264 e. The standard InChI is InChI=1S/C13H14FNO4S/c1-20(17,18)19-6-2-3-11-7-9-4-5-10(14)8-12(9)13(16)15-11/h4-5,7-8H,2-3,6H2,1H3,(H,15,16). The largest absolute Gasteiger partial charge is 0.326 e. The Balaban J connectivity index is 2.12. The summed E-state index contributed by atoms with van der Waals surface area (Å²) in [6, 6.07) is 5.76. The molecule has 7 heteroatoms. The van der Waals surface area contributed by atoms with Gasteiger partial charge in [0.25, 0.3) is 15.7 Å². The maximum atomic E-state index is 13.1. The molecule has 1 heterocycles. The Morgan fingerprint density at radius 2 is 2.05 bits per heavy atom. The first-order valence-corrected chi connectivity index (χ1v) is 7.83. The summed E-state index contributed by atoms with van der Waals surface area (Å²) in [4.78, 5) is 14.4. The summed E-state index contributed by atoms with van der Waals surface area (Å²) in [6.45, 7) is 0.0579. The van der Waals surface area contributed by atoms with Crippen molar-refractivity contribution in [1.82, 2.24) is 4.98 Å². The molecule has 0 aliphatic rings. The molecule has 0 aliphatic heterocycles. The molecule has 0 radical (unpaired) electrons. The van der Waals surface area contributed by atoms with Gasteiger partial charge in [-0.3, -0.25) is 8.98 Å². The molecule has 1 N–H and O–H groups in total. The number of nitrogens with one attached hydrogen (secondary N) is 1. The molecule has 0 unspecified atom stereocenters. The predicted molar refractivity (Wildman–Crippen MR) is 73.6 cm³/mol. The second-order valence-electron chi connectivity index (χ2n) is 4.48.